The SMILES string of the molecule is C#CCN(CCCl)[C@H](C)Cc1ccccc1.C#CCN(CCF)[C@H](C)Cc1ccccc1.C#CCN(CCO)[C@H](C)Cc1ccccc1.C#CCN(CC[18F])[C@H](C)Cc1ccccc1.C#CC[NH2+][C@H](C)Cc1ccccc1.[Cl-]. The summed E-state index contributed by atoms with van der Waals surface area (Å²) in [5, 5.41) is 11.2. The fourth-order valence-corrected chi connectivity index (χ4v) is 8.64. The first-order valence-electron chi connectivity index (χ1n) is 26.9. The summed E-state index contributed by atoms with van der Waals surface area (Å²) >= 11 is 5.77. The standard InChI is InChI=1S/C14H18ClN.2C14H18FN.C14H19NO.C12H15N.ClH/c3*1-3-10-16(11-9-15)13(2)12-14-7-5-4-6-8-14;1-3-9-15(10-11-16)13(2)12-14-7-5-4-6-8-14;1-3-9-13-11(2)10-12-7-5-4-6-8-12;/h3*1,4-8,13H,9-12H2,2H3;1,4-8,13,16H,9-12H2,2H3;1,4-8,11,13H,9-10H2,2H3;1H/t4*13-;11-;/m11111./s1/i;15-1;;;;. The van der Waals surface area contributed by atoms with Gasteiger partial charge in [0, 0.05) is 62.6 Å². The molecule has 5 aromatic rings. The first-order valence-corrected chi connectivity index (χ1v) is 27.4. The minimum absolute atomic E-state index is 0. The van der Waals surface area contributed by atoms with E-state index in [4.69, 9.17) is 48.8 Å². The molecule has 0 aromatic heterocycles. The number of rotatable bonds is 28. The second kappa shape index (κ2) is 48.2. The molecule has 10 heteroatoms. The first kappa shape index (κ1) is 72.1. The Hall–Kier alpha value is -5.90. The predicted molar refractivity (Wildman–Crippen MR) is 325 cm³/mol. The Morgan fingerprint density at radius 3 is 0.910 bits per heavy atom. The van der Waals surface area contributed by atoms with Crippen molar-refractivity contribution in [1.82, 2.24) is 19.6 Å². The third kappa shape index (κ3) is 34.8. The van der Waals surface area contributed by atoms with Crippen molar-refractivity contribution in [1.29, 1.82) is 0 Å². The molecule has 0 unspecified atom stereocenters. The summed E-state index contributed by atoms with van der Waals surface area (Å²) in [6.07, 6.45) is 31.3. The van der Waals surface area contributed by atoms with E-state index in [2.05, 4.69) is 164 Å². The van der Waals surface area contributed by atoms with Gasteiger partial charge in [0.05, 0.1) is 38.8 Å². The molecule has 5 aromatic carbocycles. The van der Waals surface area contributed by atoms with Gasteiger partial charge < -0.3 is 22.8 Å². The van der Waals surface area contributed by atoms with E-state index in [9.17, 15) is 8.78 Å². The average Bonchev–Trinajstić information content (AvgIpc) is 3.44. The normalized spacial score (nSPS) is 12.2. The lowest BCUT2D eigenvalue weighted by Gasteiger charge is -2.26. The molecule has 0 aliphatic carbocycles. The number of alkyl halides is 3. The zero-order valence-corrected chi connectivity index (χ0v) is 48.8. The molecule has 6 nitrogen and oxygen atoms in total. The number of hydrogen-bond donors (Lipinski definition) is 2. The Labute approximate surface area is 483 Å². The summed E-state index contributed by atoms with van der Waals surface area (Å²) in [6, 6.07) is 53.6. The third-order valence-corrected chi connectivity index (χ3v) is 12.9. The third-order valence-electron chi connectivity index (χ3n) is 12.7. The molecule has 420 valence electrons. The maximum atomic E-state index is 12.4. The Kier molecular flexibility index (Phi) is 44.6. The largest absolute Gasteiger partial charge is 1.00 e. The van der Waals surface area contributed by atoms with E-state index in [0.717, 1.165) is 45.2 Å². The van der Waals surface area contributed by atoms with Gasteiger partial charge in [0.25, 0.3) is 0 Å². The molecule has 3 N–H and O–H groups in total. The number of halogens is 4. The van der Waals surface area contributed by atoms with Crippen molar-refractivity contribution in [3.8, 4) is 61.7 Å². The summed E-state index contributed by atoms with van der Waals surface area (Å²) in [5.74, 6) is 13.7. The molecule has 0 aliphatic heterocycles. The van der Waals surface area contributed by atoms with E-state index in [1.807, 2.05) is 76.5 Å². The van der Waals surface area contributed by atoms with Crippen molar-refractivity contribution >= 4 is 11.6 Å². The van der Waals surface area contributed by atoms with Gasteiger partial charge in [-0.15, -0.1) is 43.7 Å². The van der Waals surface area contributed by atoms with Gasteiger partial charge in [0.2, 0.25) is 0 Å². The van der Waals surface area contributed by atoms with Crippen molar-refractivity contribution in [2.24, 2.45) is 0 Å². The highest BCUT2D eigenvalue weighted by Crippen LogP contribution is 2.12. The average molecular weight is 1100 g/mol. The summed E-state index contributed by atoms with van der Waals surface area (Å²) in [5.41, 5.74) is 6.54. The molecule has 0 amide bonds. The van der Waals surface area contributed by atoms with Crippen molar-refractivity contribution in [3.63, 3.8) is 0 Å². The maximum Gasteiger partial charge on any atom is 0.137 e. The molecular formula is C68H89Cl2F2N5O. The molecule has 5 rings (SSSR count). The highest BCUT2D eigenvalue weighted by molar-refractivity contribution is 6.18. The molecule has 0 bridgehead atoms. The number of nitrogens with zero attached hydrogens (tertiary/aromatic N) is 4. The van der Waals surface area contributed by atoms with E-state index >= 15 is 0 Å². The lowest BCUT2D eigenvalue weighted by atomic mass is 10.1. The van der Waals surface area contributed by atoms with Gasteiger partial charge in [-0.05, 0) is 94.0 Å². The van der Waals surface area contributed by atoms with Crippen LogP contribution in [0.15, 0.2) is 152 Å². The lowest BCUT2D eigenvalue weighted by molar-refractivity contribution is -0.675. The van der Waals surface area contributed by atoms with Gasteiger partial charge in [-0.1, -0.05) is 175 Å². The summed E-state index contributed by atoms with van der Waals surface area (Å²) in [4.78, 5) is 8.34. The molecule has 0 saturated heterocycles. The first-order chi connectivity index (χ1) is 37.4. The summed E-state index contributed by atoms with van der Waals surface area (Å²) in [6.45, 7) is 15.5. The van der Waals surface area contributed by atoms with Gasteiger partial charge >= 0.3 is 0 Å². The number of aliphatic hydroxyl groups excluding tert-OH is 1. The second-order valence-electron chi connectivity index (χ2n) is 19.0. The predicted octanol–water partition coefficient (Wildman–Crippen LogP) is 7.20. The Balaban J connectivity index is 0.000000949. The van der Waals surface area contributed by atoms with Crippen LogP contribution in [0, 0.1) is 61.7 Å². The van der Waals surface area contributed by atoms with E-state index in [1.54, 1.807) is 0 Å². The van der Waals surface area contributed by atoms with Crippen LogP contribution in [-0.2, 0) is 32.1 Å². The quantitative estimate of drug-likeness (QED) is 0.0411. The Morgan fingerprint density at radius 1 is 0.423 bits per heavy atom. The minimum Gasteiger partial charge on any atom is -1.00 e. The van der Waals surface area contributed by atoms with Crippen LogP contribution in [-0.4, -0.2) is 140 Å². The molecule has 0 radical (unpaired) electrons. The van der Waals surface area contributed by atoms with Crippen LogP contribution in [0.2, 0.25) is 0 Å². The molecule has 5 atom stereocenters. The molecule has 0 fully saturated rings. The monoisotopic (exact) mass is 1100 g/mol. The van der Waals surface area contributed by atoms with Crippen molar-refractivity contribution in [2.45, 2.75) is 96.9 Å². The highest BCUT2D eigenvalue weighted by Gasteiger charge is 2.16. The van der Waals surface area contributed by atoms with Gasteiger partial charge in [-0.2, -0.15) is 0 Å². The molecule has 0 saturated carbocycles. The Morgan fingerprint density at radius 2 is 0.679 bits per heavy atom. The van der Waals surface area contributed by atoms with E-state index in [-0.39, 0.29) is 44.4 Å². The fraction of sp³-hybridized carbons (Fsp3) is 0.412. The van der Waals surface area contributed by atoms with E-state index in [0.29, 0.717) is 69.8 Å². The summed E-state index contributed by atoms with van der Waals surface area (Å²) in [7, 11) is 0. The van der Waals surface area contributed by atoms with Gasteiger partial charge in [-0.25, -0.2) is 8.78 Å². The topological polar surface area (TPSA) is 49.8 Å². The van der Waals surface area contributed by atoms with Crippen LogP contribution in [0.3, 0.4) is 0 Å². The van der Waals surface area contributed by atoms with Crippen LogP contribution in [0.1, 0.15) is 62.4 Å². The number of hydrogen-bond acceptors (Lipinski definition) is 5. The molecule has 0 heterocycles. The number of quaternary nitrogens is 1. The van der Waals surface area contributed by atoms with Crippen molar-refractivity contribution in [3.05, 3.63) is 179 Å². The van der Waals surface area contributed by atoms with Gasteiger partial charge in [0.15, 0.2) is 0 Å². The number of benzene rings is 5. The molecular weight excluding hydrogens is 1010 g/mol. The molecule has 0 spiro atoms. The van der Waals surface area contributed by atoms with Crippen LogP contribution >= 0.6 is 11.6 Å². The van der Waals surface area contributed by atoms with E-state index in [1.165, 1.54) is 27.8 Å². The van der Waals surface area contributed by atoms with Gasteiger partial charge in [-0.3, -0.25) is 19.6 Å². The van der Waals surface area contributed by atoms with Crippen molar-refractivity contribution < 1.29 is 31.6 Å². The fourth-order valence-electron chi connectivity index (χ4n) is 8.42. The van der Waals surface area contributed by atoms with E-state index < -0.39 is 0 Å². The Bertz CT molecular complexity index is 2110. The van der Waals surface area contributed by atoms with Crippen LogP contribution in [0.4, 0.5) is 8.78 Å². The van der Waals surface area contributed by atoms with Gasteiger partial charge in [0.1, 0.15) is 19.9 Å². The zero-order chi connectivity index (χ0) is 56.7. The molecule has 78 heavy (non-hydrogen) atoms. The smallest absolute Gasteiger partial charge is 0.137 e. The number of aliphatic hydroxyl groups is 1. The zero-order valence-electron chi connectivity index (χ0n) is 47.3. The highest BCUT2D eigenvalue weighted by atomic mass is 35.5. The van der Waals surface area contributed by atoms with Crippen LogP contribution < -0.4 is 17.7 Å². The van der Waals surface area contributed by atoms with Crippen LogP contribution in [0.25, 0.3) is 0 Å². The van der Waals surface area contributed by atoms with Crippen molar-refractivity contribution in [2.75, 3.05) is 84.7 Å². The number of nitrogens with two attached hydrogens (primary N) is 1. The second-order valence-corrected chi connectivity index (χ2v) is 19.3. The summed E-state index contributed by atoms with van der Waals surface area (Å²) < 4.78 is 24.7. The minimum atomic E-state index is -0.346. The lowest BCUT2D eigenvalue weighted by Crippen LogP contribution is -3.00. The number of terminal acetylenes is 5. The van der Waals surface area contributed by atoms with Crippen LogP contribution in [0.5, 0.6) is 0 Å². The molecule has 0 aliphatic rings. The maximum absolute atomic E-state index is 12.4.